The third-order valence-corrected chi connectivity index (χ3v) is 3.24. The standard InChI is InChI=1S/C12H18N2O2/c1-8(2)10-7-11(12(15)16)14(13-10)9-5-3-4-6-9/h7-9H,3-6H2,1-2H3,(H,15,16). The van der Waals surface area contributed by atoms with Gasteiger partial charge in [-0.1, -0.05) is 26.7 Å². The maximum Gasteiger partial charge on any atom is 0.354 e. The Labute approximate surface area is 95.3 Å². The monoisotopic (exact) mass is 222 g/mol. The molecule has 0 aliphatic heterocycles. The molecule has 1 saturated carbocycles. The average molecular weight is 222 g/mol. The number of carboxylic acids is 1. The van der Waals surface area contributed by atoms with E-state index in [0.717, 1.165) is 18.5 Å². The van der Waals surface area contributed by atoms with Crippen LogP contribution in [0.2, 0.25) is 0 Å². The first kappa shape index (κ1) is 11.2. The summed E-state index contributed by atoms with van der Waals surface area (Å²) in [6.45, 7) is 4.07. The number of carbonyl (C=O) groups is 1. The van der Waals surface area contributed by atoms with E-state index in [4.69, 9.17) is 5.11 Å². The van der Waals surface area contributed by atoms with Gasteiger partial charge >= 0.3 is 5.97 Å². The zero-order valence-corrected chi connectivity index (χ0v) is 9.81. The molecule has 0 bridgehead atoms. The molecular formula is C12H18N2O2. The van der Waals surface area contributed by atoms with Crippen LogP contribution in [0.4, 0.5) is 0 Å². The lowest BCUT2D eigenvalue weighted by molar-refractivity contribution is 0.0680. The van der Waals surface area contributed by atoms with E-state index in [2.05, 4.69) is 5.10 Å². The van der Waals surface area contributed by atoms with Crippen molar-refractivity contribution in [1.29, 1.82) is 0 Å². The van der Waals surface area contributed by atoms with Crippen LogP contribution in [0.15, 0.2) is 6.07 Å². The van der Waals surface area contributed by atoms with Crippen LogP contribution in [0.3, 0.4) is 0 Å². The normalized spacial score (nSPS) is 17.2. The van der Waals surface area contributed by atoms with E-state index in [-0.39, 0.29) is 5.92 Å². The predicted molar refractivity (Wildman–Crippen MR) is 60.8 cm³/mol. The van der Waals surface area contributed by atoms with Gasteiger partial charge in [-0.05, 0) is 24.8 Å². The van der Waals surface area contributed by atoms with Crippen molar-refractivity contribution in [2.24, 2.45) is 0 Å². The summed E-state index contributed by atoms with van der Waals surface area (Å²) in [5.74, 6) is -0.591. The van der Waals surface area contributed by atoms with Gasteiger partial charge in [0, 0.05) is 0 Å². The van der Waals surface area contributed by atoms with E-state index in [0.29, 0.717) is 11.7 Å². The van der Waals surface area contributed by atoms with Gasteiger partial charge in [0.25, 0.3) is 0 Å². The van der Waals surface area contributed by atoms with Crippen LogP contribution in [-0.2, 0) is 0 Å². The molecule has 0 amide bonds. The van der Waals surface area contributed by atoms with Gasteiger partial charge in [0.05, 0.1) is 11.7 Å². The molecule has 1 aromatic heterocycles. The molecule has 0 radical (unpaired) electrons. The smallest absolute Gasteiger partial charge is 0.354 e. The van der Waals surface area contributed by atoms with Gasteiger partial charge < -0.3 is 5.11 Å². The first-order valence-corrected chi connectivity index (χ1v) is 5.92. The largest absolute Gasteiger partial charge is 0.477 e. The molecule has 4 nitrogen and oxygen atoms in total. The van der Waals surface area contributed by atoms with Crippen LogP contribution in [0.5, 0.6) is 0 Å². The van der Waals surface area contributed by atoms with Crippen LogP contribution in [-0.4, -0.2) is 20.9 Å². The average Bonchev–Trinajstić information content (AvgIpc) is 2.86. The molecule has 2 rings (SSSR count). The number of carboxylic acid groups (broad SMARTS) is 1. The minimum absolute atomic E-state index is 0.278. The maximum absolute atomic E-state index is 11.2. The third-order valence-electron chi connectivity index (χ3n) is 3.24. The molecule has 0 unspecified atom stereocenters. The summed E-state index contributed by atoms with van der Waals surface area (Å²) in [5.41, 5.74) is 1.22. The van der Waals surface area contributed by atoms with Gasteiger partial charge in [-0.2, -0.15) is 5.10 Å². The summed E-state index contributed by atoms with van der Waals surface area (Å²) in [5, 5.41) is 13.6. The molecular weight excluding hydrogens is 204 g/mol. The molecule has 1 N–H and O–H groups in total. The number of aromatic nitrogens is 2. The Morgan fingerprint density at radius 3 is 2.62 bits per heavy atom. The molecule has 0 saturated heterocycles. The molecule has 1 aliphatic rings. The maximum atomic E-state index is 11.2. The van der Waals surface area contributed by atoms with E-state index in [1.807, 2.05) is 13.8 Å². The molecule has 16 heavy (non-hydrogen) atoms. The summed E-state index contributed by atoms with van der Waals surface area (Å²) >= 11 is 0. The van der Waals surface area contributed by atoms with Crippen LogP contribution < -0.4 is 0 Å². The van der Waals surface area contributed by atoms with Gasteiger partial charge in [-0.15, -0.1) is 0 Å². The lowest BCUT2D eigenvalue weighted by atomic mass is 10.1. The topological polar surface area (TPSA) is 55.1 Å². The molecule has 1 aliphatic carbocycles. The fourth-order valence-electron chi connectivity index (χ4n) is 2.28. The summed E-state index contributed by atoms with van der Waals surface area (Å²) in [6.07, 6.45) is 4.47. The van der Waals surface area contributed by atoms with Crippen molar-refractivity contribution in [1.82, 2.24) is 9.78 Å². The Morgan fingerprint density at radius 2 is 2.12 bits per heavy atom. The lowest BCUT2D eigenvalue weighted by Crippen LogP contribution is -2.14. The molecule has 0 aromatic carbocycles. The molecule has 0 spiro atoms. The molecule has 0 atom stereocenters. The Morgan fingerprint density at radius 1 is 1.50 bits per heavy atom. The van der Waals surface area contributed by atoms with E-state index in [9.17, 15) is 4.79 Å². The summed E-state index contributed by atoms with van der Waals surface area (Å²) in [4.78, 5) is 11.2. The van der Waals surface area contributed by atoms with E-state index >= 15 is 0 Å². The Bertz CT molecular complexity index is 390. The minimum Gasteiger partial charge on any atom is -0.477 e. The zero-order valence-electron chi connectivity index (χ0n) is 9.81. The van der Waals surface area contributed by atoms with Gasteiger partial charge in [-0.25, -0.2) is 4.79 Å². The molecule has 1 fully saturated rings. The number of hydrogen-bond acceptors (Lipinski definition) is 2. The number of rotatable bonds is 3. The molecule has 4 heteroatoms. The van der Waals surface area contributed by atoms with E-state index < -0.39 is 5.97 Å². The van der Waals surface area contributed by atoms with Crippen molar-refractivity contribution in [2.75, 3.05) is 0 Å². The molecule has 1 heterocycles. The summed E-state index contributed by atoms with van der Waals surface area (Å²) in [6, 6.07) is 2.00. The third kappa shape index (κ3) is 1.96. The second-order valence-electron chi connectivity index (χ2n) is 4.80. The van der Waals surface area contributed by atoms with Crippen molar-refractivity contribution in [2.45, 2.75) is 51.5 Å². The number of nitrogens with zero attached hydrogens (tertiary/aromatic N) is 2. The number of aromatic carboxylic acids is 1. The van der Waals surface area contributed by atoms with Gasteiger partial charge in [0.1, 0.15) is 5.69 Å². The highest BCUT2D eigenvalue weighted by Crippen LogP contribution is 2.31. The first-order chi connectivity index (χ1) is 7.59. The minimum atomic E-state index is -0.869. The van der Waals surface area contributed by atoms with Crippen LogP contribution in [0, 0.1) is 0 Å². The van der Waals surface area contributed by atoms with E-state index in [1.165, 1.54) is 12.8 Å². The van der Waals surface area contributed by atoms with Crippen LogP contribution >= 0.6 is 0 Å². The highest BCUT2D eigenvalue weighted by atomic mass is 16.4. The van der Waals surface area contributed by atoms with Crippen LogP contribution in [0.25, 0.3) is 0 Å². The van der Waals surface area contributed by atoms with Crippen molar-refractivity contribution >= 4 is 5.97 Å². The lowest BCUT2D eigenvalue weighted by Gasteiger charge is -2.11. The highest BCUT2D eigenvalue weighted by Gasteiger charge is 2.24. The fraction of sp³-hybridized carbons (Fsp3) is 0.667. The van der Waals surface area contributed by atoms with E-state index in [1.54, 1.807) is 10.7 Å². The summed E-state index contributed by atoms with van der Waals surface area (Å²) < 4.78 is 1.73. The summed E-state index contributed by atoms with van der Waals surface area (Å²) in [7, 11) is 0. The zero-order chi connectivity index (χ0) is 11.7. The first-order valence-electron chi connectivity index (χ1n) is 5.92. The Balaban J connectivity index is 2.37. The second kappa shape index (κ2) is 4.28. The van der Waals surface area contributed by atoms with Gasteiger partial charge in [0.15, 0.2) is 0 Å². The van der Waals surface area contributed by atoms with Crippen molar-refractivity contribution in [3.63, 3.8) is 0 Å². The number of hydrogen-bond donors (Lipinski definition) is 1. The fourth-order valence-corrected chi connectivity index (χ4v) is 2.28. The van der Waals surface area contributed by atoms with Crippen molar-refractivity contribution < 1.29 is 9.90 Å². The van der Waals surface area contributed by atoms with Crippen molar-refractivity contribution in [3.8, 4) is 0 Å². The van der Waals surface area contributed by atoms with Crippen molar-refractivity contribution in [3.05, 3.63) is 17.5 Å². The SMILES string of the molecule is CC(C)c1cc(C(=O)O)n(C2CCCC2)n1. The van der Waals surface area contributed by atoms with Gasteiger partial charge in [-0.3, -0.25) is 4.68 Å². The molecule has 1 aromatic rings. The predicted octanol–water partition coefficient (Wildman–Crippen LogP) is 2.82. The quantitative estimate of drug-likeness (QED) is 0.855. The second-order valence-corrected chi connectivity index (χ2v) is 4.80. The van der Waals surface area contributed by atoms with Gasteiger partial charge in [0.2, 0.25) is 0 Å². The Hall–Kier alpha value is -1.32. The van der Waals surface area contributed by atoms with Crippen LogP contribution in [0.1, 0.15) is 67.7 Å². The Kier molecular flexibility index (Phi) is 2.99. The molecule has 88 valence electrons. The highest BCUT2D eigenvalue weighted by molar-refractivity contribution is 5.85.